The van der Waals surface area contributed by atoms with E-state index < -0.39 is 35.3 Å². The van der Waals surface area contributed by atoms with E-state index >= 15 is 0 Å². The van der Waals surface area contributed by atoms with Crippen molar-refractivity contribution in [3.05, 3.63) is 35.1 Å². The Morgan fingerprint density at radius 2 is 1.87 bits per heavy atom. The van der Waals surface area contributed by atoms with Crippen LogP contribution in [0.1, 0.15) is 31.9 Å². The molecule has 1 atom stereocenters. The molecule has 0 heterocycles. The molecule has 4 nitrogen and oxygen atoms in total. The van der Waals surface area contributed by atoms with E-state index in [9.17, 15) is 22.4 Å². The van der Waals surface area contributed by atoms with Crippen molar-refractivity contribution in [1.29, 1.82) is 0 Å². The second-order valence-corrected chi connectivity index (χ2v) is 6.13. The number of ether oxygens (including phenoxy) is 1. The highest BCUT2D eigenvalue weighted by molar-refractivity contribution is 5.68. The summed E-state index contributed by atoms with van der Waals surface area (Å²) in [7, 11) is 0. The molecular formula is C15H20F4N2O2. The third-order valence-electron chi connectivity index (χ3n) is 2.77. The number of hydrogen-bond acceptors (Lipinski definition) is 3. The van der Waals surface area contributed by atoms with Gasteiger partial charge < -0.3 is 15.8 Å². The van der Waals surface area contributed by atoms with Gasteiger partial charge in [0, 0.05) is 12.6 Å². The molecule has 3 N–H and O–H groups in total. The minimum Gasteiger partial charge on any atom is -0.444 e. The molecule has 23 heavy (non-hydrogen) atoms. The van der Waals surface area contributed by atoms with Gasteiger partial charge in [-0.15, -0.1) is 0 Å². The molecule has 0 spiro atoms. The Morgan fingerprint density at radius 1 is 1.26 bits per heavy atom. The molecule has 0 saturated carbocycles. The number of alkyl halides is 3. The molecule has 0 fully saturated rings. The molecule has 1 amide bonds. The van der Waals surface area contributed by atoms with Gasteiger partial charge in [-0.3, -0.25) is 0 Å². The van der Waals surface area contributed by atoms with Crippen molar-refractivity contribution in [2.24, 2.45) is 5.73 Å². The first-order valence-corrected chi connectivity index (χ1v) is 6.97. The van der Waals surface area contributed by atoms with Crippen LogP contribution in [0.4, 0.5) is 22.4 Å². The Morgan fingerprint density at radius 3 is 2.35 bits per heavy atom. The molecule has 1 aromatic rings. The summed E-state index contributed by atoms with van der Waals surface area (Å²) in [5, 5.41) is 2.46. The van der Waals surface area contributed by atoms with Crippen molar-refractivity contribution < 1.29 is 27.1 Å². The summed E-state index contributed by atoms with van der Waals surface area (Å²) in [6, 6.07) is 1.56. The van der Waals surface area contributed by atoms with Gasteiger partial charge in [0.05, 0.1) is 5.56 Å². The predicted molar refractivity (Wildman–Crippen MR) is 77.3 cm³/mol. The van der Waals surface area contributed by atoms with E-state index in [1.165, 1.54) is 0 Å². The van der Waals surface area contributed by atoms with Crippen LogP contribution >= 0.6 is 0 Å². The first-order valence-electron chi connectivity index (χ1n) is 6.97. The molecule has 0 aliphatic rings. The fourth-order valence-corrected chi connectivity index (χ4v) is 1.88. The molecular weight excluding hydrogens is 316 g/mol. The summed E-state index contributed by atoms with van der Waals surface area (Å²) in [5.74, 6) is -0.997. The summed E-state index contributed by atoms with van der Waals surface area (Å²) >= 11 is 0. The monoisotopic (exact) mass is 336 g/mol. The molecule has 130 valence electrons. The molecule has 1 unspecified atom stereocenters. The van der Waals surface area contributed by atoms with Crippen molar-refractivity contribution >= 4 is 6.09 Å². The molecule has 0 aliphatic carbocycles. The third-order valence-corrected chi connectivity index (χ3v) is 2.77. The number of benzene rings is 1. The topological polar surface area (TPSA) is 64.3 Å². The highest BCUT2D eigenvalue weighted by atomic mass is 19.4. The van der Waals surface area contributed by atoms with E-state index in [1.54, 1.807) is 20.8 Å². The highest BCUT2D eigenvalue weighted by Crippen LogP contribution is 2.30. The van der Waals surface area contributed by atoms with Crippen LogP contribution in [0.15, 0.2) is 18.2 Å². The zero-order chi connectivity index (χ0) is 17.8. The predicted octanol–water partition coefficient (Wildman–Crippen LogP) is 3.24. The lowest BCUT2D eigenvalue weighted by Crippen LogP contribution is -2.44. The molecule has 0 radical (unpaired) electrons. The number of carbonyl (C=O) groups is 1. The summed E-state index contributed by atoms with van der Waals surface area (Å²) in [6.07, 6.45) is -5.43. The van der Waals surface area contributed by atoms with Crippen LogP contribution in [0, 0.1) is 5.82 Å². The maximum atomic E-state index is 13.4. The number of nitrogens with one attached hydrogen (secondary N) is 1. The maximum Gasteiger partial charge on any atom is 0.416 e. The Kier molecular flexibility index (Phi) is 5.98. The first kappa shape index (κ1) is 19.2. The van der Waals surface area contributed by atoms with E-state index in [4.69, 9.17) is 10.5 Å². The van der Waals surface area contributed by atoms with Gasteiger partial charge in [0.1, 0.15) is 11.4 Å². The normalized spacial score (nSPS) is 13.6. The van der Waals surface area contributed by atoms with Crippen molar-refractivity contribution in [3.8, 4) is 0 Å². The summed E-state index contributed by atoms with van der Waals surface area (Å²) in [4.78, 5) is 11.7. The van der Waals surface area contributed by atoms with Gasteiger partial charge in [-0.05, 0) is 51.0 Å². The van der Waals surface area contributed by atoms with Crippen LogP contribution in [0.5, 0.6) is 0 Å². The zero-order valence-electron chi connectivity index (χ0n) is 13.1. The number of carbonyl (C=O) groups excluding carboxylic acids is 1. The van der Waals surface area contributed by atoms with Crippen LogP contribution in [0.2, 0.25) is 0 Å². The number of halogens is 4. The second kappa shape index (κ2) is 7.16. The zero-order valence-corrected chi connectivity index (χ0v) is 13.1. The van der Waals surface area contributed by atoms with E-state index in [-0.39, 0.29) is 18.5 Å². The van der Waals surface area contributed by atoms with E-state index in [1.807, 2.05) is 0 Å². The fraction of sp³-hybridized carbons (Fsp3) is 0.533. The number of nitrogens with two attached hydrogens (primary N) is 1. The van der Waals surface area contributed by atoms with Crippen LogP contribution in [0.3, 0.4) is 0 Å². The Hall–Kier alpha value is -1.83. The second-order valence-electron chi connectivity index (χ2n) is 6.13. The lowest BCUT2D eigenvalue weighted by molar-refractivity contribution is -0.137. The van der Waals surface area contributed by atoms with E-state index in [2.05, 4.69) is 5.32 Å². The Labute approximate surface area is 132 Å². The van der Waals surface area contributed by atoms with Gasteiger partial charge in [0.15, 0.2) is 0 Å². The molecule has 0 bridgehead atoms. The molecule has 1 aromatic carbocycles. The Balaban J connectivity index is 2.83. The lowest BCUT2D eigenvalue weighted by atomic mass is 10.0. The van der Waals surface area contributed by atoms with Crippen molar-refractivity contribution in [1.82, 2.24) is 5.32 Å². The van der Waals surface area contributed by atoms with Gasteiger partial charge in [0.2, 0.25) is 0 Å². The molecule has 8 heteroatoms. The largest absolute Gasteiger partial charge is 0.444 e. The molecule has 0 aliphatic heterocycles. The van der Waals surface area contributed by atoms with Crippen molar-refractivity contribution in [2.45, 2.75) is 45.0 Å². The summed E-state index contributed by atoms with van der Waals surface area (Å²) < 4.78 is 56.4. The van der Waals surface area contributed by atoms with Gasteiger partial charge in [-0.25, -0.2) is 9.18 Å². The van der Waals surface area contributed by atoms with Crippen molar-refractivity contribution in [3.63, 3.8) is 0 Å². The highest BCUT2D eigenvalue weighted by Gasteiger charge is 2.31. The minimum absolute atomic E-state index is 0.0306. The smallest absolute Gasteiger partial charge is 0.416 e. The van der Waals surface area contributed by atoms with Gasteiger partial charge in [-0.1, -0.05) is 0 Å². The van der Waals surface area contributed by atoms with Crippen LogP contribution in [-0.2, 0) is 17.3 Å². The molecule has 0 saturated heterocycles. The van der Waals surface area contributed by atoms with Crippen LogP contribution < -0.4 is 11.1 Å². The lowest BCUT2D eigenvalue weighted by Gasteiger charge is -2.23. The SMILES string of the molecule is CC(C)(C)OC(=O)NC(CN)Cc1cc(F)cc(C(F)(F)F)c1. The van der Waals surface area contributed by atoms with Crippen LogP contribution in [0.25, 0.3) is 0 Å². The average Bonchev–Trinajstić information content (AvgIpc) is 2.33. The number of rotatable bonds is 4. The van der Waals surface area contributed by atoms with Crippen molar-refractivity contribution in [2.75, 3.05) is 6.54 Å². The third kappa shape index (κ3) is 6.85. The molecule has 0 aromatic heterocycles. The number of alkyl carbamates (subject to hydrolysis) is 1. The first-order chi connectivity index (χ1) is 10.4. The summed E-state index contributed by atoms with van der Waals surface area (Å²) in [5.41, 5.74) is 3.80. The van der Waals surface area contributed by atoms with E-state index in [0.29, 0.717) is 6.07 Å². The number of hydrogen-bond donors (Lipinski definition) is 2. The van der Waals surface area contributed by atoms with E-state index in [0.717, 1.165) is 12.1 Å². The number of amides is 1. The van der Waals surface area contributed by atoms with Gasteiger partial charge in [0.25, 0.3) is 0 Å². The van der Waals surface area contributed by atoms with Crippen LogP contribution in [-0.4, -0.2) is 24.3 Å². The van der Waals surface area contributed by atoms with Gasteiger partial charge in [-0.2, -0.15) is 13.2 Å². The summed E-state index contributed by atoms with van der Waals surface area (Å²) in [6.45, 7) is 4.99. The van der Waals surface area contributed by atoms with Gasteiger partial charge >= 0.3 is 12.3 Å². The average molecular weight is 336 g/mol. The quantitative estimate of drug-likeness (QED) is 0.830. The maximum absolute atomic E-state index is 13.4. The Bertz CT molecular complexity index is 553. The standard InChI is InChI=1S/C15H20F4N2O2/c1-14(2,3)23-13(22)21-12(8-20)6-9-4-10(15(17,18)19)7-11(16)5-9/h4-5,7,12H,6,8,20H2,1-3H3,(H,21,22). The fourth-order valence-electron chi connectivity index (χ4n) is 1.88. The minimum atomic E-state index is -4.65. The molecule has 1 rings (SSSR count).